The fraction of sp³-hybridized carbons (Fsp3) is 0.909. The summed E-state index contributed by atoms with van der Waals surface area (Å²) in [7, 11) is 0. The van der Waals surface area contributed by atoms with Crippen molar-refractivity contribution in [1.82, 2.24) is 0 Å². The van der Waals surface area contributed by atoms with Crippen LogP contribution >= 0.6 is 0 Å². The summed E-state index contributed by atoms with van der Waals surface area (Å²) in [5, 5.41) is 0. The van der Waals surface area contributed by atoms with Gasteiger partial charge in [0.2, 0.25) is 0 Å². The van der Waals surface area contributed by atoms with Gasteiger partial charge in [-0.15, -0.1) is 0 Å². The largest absolute Gasteiger partial charge is 0.303 e. The van der Waals surface area contributed by atoms with Gasteiger partial charge in [-0.1, -0.05) is 0 Å². The van der Waals surface area contributed by atoms with Gasteiger partial charge in [-0.25, -0.2) is 0 Å². The number of hydrogen-bond acceptors (Lipinski definition) is 1. The summed E-state index contributed by atoms with van der Waals surface area (Å²) in [6.07, 6.45) is 8.15. The molecule has 12 heavy (non-hydrogen) atoms. The molecule has 3 saturated carbocycles. The number of aldehydes is 1. The Morgan fingerprint density at radius 2 is 1.83 bits per heavy atom. The van der Waals surface area contributed by atoms with E-state index < -0.39 is 0 Å². The molecule has 0 aliphatic heterocycles. The minimum Gasteiger partial charge on any atom is -0.303 e. The molecule has 1 heteroatoms. The standard InChI is InChI=1S/C11H16O/c12-6-9-3-4-10-7-1-2-8(5-7)11(9)10/h6-11H,1-5H2. The minimum absolute atomic E-state index is 0.449. The van der Waals surface area contributed by atoms with Crippen LogP contribution in [0.3, 0.4) is 0 Å². The average Bonchev–Trinajstić information content (AvgIpc) is 2.76. The Morgan fingerprint density at radius 3 is 2.67 bits per heavy atom. The lowest BCUT2D eigenvalue weighted by Crippen LogP contribution is -2.22. The fourth-order valence-corrected chi connectivity index (χ4v) is 4.29. The van der Waals surface area contributed by atoms with Crippen LogP contribution in [-0.4, -0.2) is 6.29 Å². The lowest BCUT2D eigenvalue weighted by molar-refractivity contribution is -0.112. The Labute approximate surface area is 73.5 Å². The van der Waals surface area contributed by atoms with E-state index in [1.807, 2.05) is 0 Å². The predicted molar refractivity (Wildman–Crippen MR) is 46.6 cm³/mol. The Hall–Kier alpha value is -0.330. The zero-order valence-corrected chi connectivity index (χ0v) is 7.41. The summed E-state index contributed by atoms with van der Waals surface area (Å²) in [4.78, 5) is 10.8. The van der Waals surface area contributed by atoms with Crippen LogP contribution in [0.1, 0.15) is 32.1 Å². The van der Waals surface area contributed by atoms with Gasteiger partial charge in [0.25, 0.3) is 0 Å². The van der Waals surface area contributed by atoms with Crippen molar-refractivity contribution in [2.24, 2.45) is 29.6 Å². The first kappa shape index (κ1) is 7.11. The van der Waals surface area contributed by atoms with Crippen LogP contribution in [-0.2, 0) is 4.79 Å². The zero-order chi connectivity index (χ0) is 8.13. The van der Waals surface area contributed by atoms with Gasteiger partial charge in [-0.2, -0.15) is 0 Å². The SMILES string of the molecule is O=CC1CCC2C3CCC(C3)C12. The maximum absolute atomic E-state index is 10.8. The number of carbonyl (C=O) groups excluding carboxylic acids is 1. The van der Waals surface area contributed by atoms with Gasteiger partial charge >= 0.3 is 0 Å². The van der Waals surface area contributed by atoms with Crippen LogP contribution in [0.5, 0.6) is 0 Å². The normalized spacial score (nSPS) is 55.8. The lowest BCUT2D eigenvalue weighted by Gasteiger charge is -2.26. The van der Waals surface area contributed by atoms with Crippen LogP contribution in [0.4, 0.5) is 0 Å². The van der Waals surface area contributed by atoms with E-state index in [2.05, 4.69) is 0 Å². The molecule has 0 spiro atoms. The molecule has 3 aliphatic carbocycles. The summed E-state index contributed by atoms with van der Waals surface area (Å²) in [6.45, 7) is 0. The number of hydrogen-bond donors (Lipinski definition) is 0. The molecule has 3 rings (SSSR count). The third kappa shape index (κ3) is 0.725. The van der Waals surface area contributed by atoms with Crippen LogP contribution in [0, 0.1) is 29.6 Å². The van der Waals surface area contributed by atoms with Crippen molar-refractivity contribution < 1.29 is 4.79 Å². The van der Waals surface area contributed by atoms with Gasteiger partial charge in [0, 0.05) is 5.92 Å². The number of carbonyl (C=O) groups is 1. The van der Waals surface area contributed by atoms with Gasteiger partial charge in [0.1, 0.15) is 6.29 Å². The maximum Gasteiger partial charge on any atom is 0.123 e. The van der Waals surface area contributed by atoms with E-state index in [9.17, 15) is 4.79 Å². The van der Waals surface area contributed by atoms with Crippen molar-refractivity contribution in [2.45, 2.75) is 32.1 Å². The monoisotopic (exact) mass is 164 g/mol. The number of fused-ring (bicyclic) bond motifs is 5. The highest BCUT2D eigenvalue weighted by molar-refractivity contribution is 5.55. The summed E-state index contributed by atoms with van der Waals surface area (Å²) in [5.74, 6) is 4.19. The van der Waals surface area contributed by atoms with Crippen molar-refractivity contribution in [3.8, 4) is 0 Å². The van der Waals surface area contributed by atoms with E-state index in [4.69, 9.17) is 0 Å². The molecule has 5 atom stereocenters. The van der Waals surface area contributed by atoms with Gasteiger partial charge in [0.05, 0.1) is 0 Å². The molecule has 2 bridgehead atoms. The minimum atomic E-state index is 0.449. The summed E-state index contributed by atoms with van der Waals surface area (Å²) in [6, 6.07) is 0. The van der Waals surface area contributed by atoms with E-state index in [1.165, 1.54) is 38.4 Å². The molecule has 0 heterocycles. The molecule has 3 aliphatic rings. The van der Waals surface area contributed by atoms with E-state index in [-0.39, 0.29) is 0 Å². The van der Waals surface area contributed by atoms with Crippen molar-refractivity contribution in [3.63, 3.8) is 0 Å². The Balaban J connectivity index is 1.89. The molecule has 0 aromatic heterocycles. The molecule has 0 aromatic rings. The first-order valence-electron chi connectivity index (χ1n) is 5.35. The average molecular weight is 164 g/mol. The molecule has 1 nitrogen and oxygen atoms in total. The van der Waals surface area contributed by atoms with Gasteiger partial charge in [0.15, 0.2) is 0 Å². The molecule has 5 unspecified atom stereocenters. The van der Waals surface area contributed by atoms with Crippen LogP contribution in [0.25, 0.3) is 0 Å². The second-order valence-electron chi connectivity index (χ2n) is 4.95. The zero-order valence-electron chi connectivity index (χ0n) is 7.41. The van der Waals surface area contributed by atoms with Crippen LogP contribution < -0.4 is 0 Å². The third-order valence-electron chi connectivity index (χ3n) is 4.66. The second-order valence-corrected chi connectivity index (χ2v) is 4.95. The summed E-state index contributed by atoms with van der Waals surface area (Å²) >= 11 is 0. The second kappa shape index (κ2) is 2.34. The van der Waals surface area contributed by atoms with Crippen LogP contribution in [0.2, 0.25) is 0 Å². The molecule has 66 valence electrons. The molecular formula is C11H16O. The van der Waals surface area contributed by atoms with Crippen molar-refractivity contribution >= 4 is 6.29 Å². The maximum atomic E-state index is 10.8. The van der Waals surface area contributed by atoms with Crippen molar-refractivity contribution in [2.75, 3.05) is 0 Å². The highest BCUT2D eigenvalue weighted by Crippen LogP contribution is 2.60. The third-order valence-corrected chi connectivity index (χ3v) is 4.66. The molecule has 0 N–H and O–H groups in total. The van der Waals surface area contributed by atoms with Gasteiger partial charge < -0.3 is 4.79 Å². The smallest absolute Gasteiger partial charge is 0.123 e. The Bertz CT molecular complexity index is 211. The molecular weight excluding hydrogens is 148 g/mol. The molecule has 0 amide bonds. The van der Waals surface area contributed by atoms with E-state index in [0.29, 0.717) is 5.92 Å². The van der Waals surface area contributed by atoms with E-state index >= 15 is 0 Å². The van der Waals surface area contributed by atoms with E-state index in [1.54, 1.807) is 0 Å². The van der Waals surface area contributed by atoms with Gasteiger partial charge in [-0.3, -0.25) is 0 Å². The summed E-state index contributed by atoms with van der Waals surface area (Å²) in [5.41, 5.74) is 0. The topological polar surface area (TPSA) is 17.1 Å². The molecule has 3 fully saturated rings. The quantitative estimate of drug-likeness (QED) is 0.543. The first-order chi connectivity index (χ1) is 5.90. The van der Waals surface area contributed by atoms with Gasteiger partial charge in [-0.05, 0) is 55.8 Å². The number of rotatable bonds is 1. The highest BCUT2D eigenvalue weighted by atomic mass is 16.1. The van der Waals surface area contributed by atoms with Crippen LogP contribution in [0.15, 0.2) is 0 Å². The Kier molecular flexibility index (Phi) is 1.38. The molecule has 0 radical (unpaired) electrons. The fourth-order valence-electron chi connectivity index (χ4n) is 4.29. The van der Waals surface area contributed by atoms with Crippen molar-refractivity contribution in [1.29, 1.82) is 0 Å². The summed E-state index contributed by atoms with van der Waals surface area (Å²) < 4.78 is 0. The molecule has 0 saturated heterocycles. The van der Waals surface area contributed by atoms with E-state index in [0.717, 1.165) is 23.7 Å². The molecule has 0 aromatic carbocycles. The highest BCUT2D eigenvalue weighted by Gasteiger charge is 2.52. The Morgan fingerprint density at radius 1 is 1.00 bits per heavy atom. The lowest BCUT2D eigenvalue weighted by atomic mass is 9.78. The predicted octanol–water partition coefficient (Wildman–Crippen LogP) is 2.26. The first-order valence-corrected chi connectivity index (χ1v) is 5.35. The van der Waals surface area contributed by atoms with Crippen molar-refractivity contribution in [3.05, 3.63) is 0 Å².